The van der Waals surface area contributed by atoms with E-state index >= 15 is 0 Å². The molecule has 0 amide bonds. The van der Waals surface area contributed by atoms with Gasteiger partial charge in [0.1, 0.15) is 5.75 Å². The molecule has 0 aliphatic carbocycles. The molecule has 0 radical (unpaired) electrons. The van der Waals surface area contributed by atoms with Crippen LogP contribution in [0.1, 0.15) is 34.6 Å². The van der Waals surface area contributed by atoms with Crippen LogP contribution in [-0.4, -0.2) is 25.2 Å². The fraction of sp³-hybridized carbons (Fsp3) is 0.333. The second-order valence-corrected chi connectivity index (χ2v) is 3.69. The lowest BCUT2D eigenvalue weighted by molar-refractivity contribution is -0.255. The van der Waals surface area contributed by atoms with Crippen molar-refractivity contribution in [3.63, 3.8) is 0 Å². The highest BCUT2D eigenvalue weighted by atomic mass is 16.5. The van der Waals surface area contributed by atoms with E-state index in [2.05, 4.69) is 4.74 Å². The molecule has 0 saturated carbocycles. The van der Waals surface area contributed by atoms with Crippen molar-refractivity contribution in [3.05, 3.63) is 29.3 Å². The topological polar surface area (TPSA) is 75.7 Å². The number of rotatable bonds is 4. The van der Waals surface area contributed by atoms with E-state index in [4.69, 9.17) is 4.74 Å². The first-order valence-electron chi connectivity index (χ1n) is 5.05. The summed E-state index contributed by atoms with van der Waals surface area (Å²) in [6.45, 7) is 3.59. The maximum absolute atomic E-state index is 11.3. The average molecular weight is 237 g/mol. The molecule has 5 nitrogen and oxygen atoms in total. The van der Waals surface area contributed by atoms with E-state index in [1.54, 1.807) is 13.8 Å². The van der Waals surface area contributed by atoms with E-state index < -0.39 is 11.9 Å². The van der Waals surface area contributed by atoms with Gasteiger partial charge in [-0.2, -0.15) is 0 Å². The molecule has 0 spiro atoms. The van der Waals surface area contributed by atoms with Crippen LogP contribution in [0.3, 0.4) is 0 Å². The molecular formula is C12H13O5-. The Bertz CT molecular complexity index is 437. The minimum Gasteiger partial charge on any atom is -0.545 e. The minimum absolute atomic E-state index is 0.116. The molecule has 0 N–H and O–H groups in total. The van der Waals surface area contributed by atoms with Crippen LogP contribution in [0.25, 0.3) is 0 Å². The molecule has 0 unspecified atom stereocenters. The van der Waals surface area contributed by atoms with Gasteiger partial charge in [-0.1, -0.05) is 0 Å². The van der Waals surface area contributed by atoms with E-state index in [1.165, 1.54) is 25.3 Å². The van der Waals surface area contributed by atoms with Crippen LogP contribution in [0.5, 0.6) is 5.75 Å². The fourth-order valence-corrected chi connectivity index (χ4v) is 1.29. The molecule has 0 fully saturated rings. The second-order valence-electron chi connectivity index (χ2n) is 3.69. The SMILES string of the molecule is COC(=O)c1cc(OC(C)C)cc(C(=O)[O-])c1. The Labute approximate surface area is 99.0 Å². The Morgan fingerprint density at radius 3 is 2.24 bits per heavy atom. The fourth-order valence-electron chi connectivity index (χ4n) is 1.29. The summed E-state index contributed by atoms with van der Waals surface area (Å²) in [5.41, 5.74) is -0.00611. The number of hydrogen-bond donors (Lipinski definition) is 0. The summed E-state index contributed by atoms with van der Waals surface area (Å²) < 4.78 is 9.86. The smallest absolute Gasteiger partial charge is 0.338 e. The first-order chi connectivity index (χ1) is 7.93. The van der Waals surface area contributed by atoms with Crippen LogP contribution in [0.15, 0.2) is 18.2 Å². The number of hydrogen-bond acceptors (Lipinski definition) is 5. The predicted octanol–water partition coefficient (Wildman–Crippen LogP) is 0.624. The lowest BCUT2D eigenvalue weighted by Gasteiger charge is -2.13. The van der Waals surface area contributed by atoms with Gasteiger partial charge in [0.25, 0.3) is 0 Å². The normalized spacial score (nSPS) is 10.1. The third-order valence-electron chi connectivity index (χ3n) is 1.94. The Morgan fingerprint density at radius 2 is 1.76 bits per heavy atom. The summed E-state index contributed by atoms with van der Waals surface area (Å²) in [6.07, 6.45) is -0.127. The Kier molecular flexibility index (Phi) is 4.09. The molecule has 92 valence electrons. The van der Waals surface area contributed by atoms with Gasteiger partial charge in [0, 0.05) is 5.56 Å². The zero-order chi connectivity index (χ0) is 13.0. The van der Waals surface area contributed by atoms with Gasteiger partial charge in [-0.25, -0.2) is 4.79 Å². The van der Waals surface area contributed by atoms with Crippen molar-refractivity contribution < 1.29 is 24.2 Å². The molecule has 0 atom stereocenters. The van der Waals surface area contributed by atoms with Gasteiger partial charge >= 0.3 is 5.97 Å². The van der Waals surface area contributed by atoms with Crippen LogP contribution in [0.2, 0.25) is 0 Å². The molecule has 0 saturated heterocycles. The molecular weight excluding hydrogens is 224 g/mol. The average Bonchev–Trinajstić information content (AvgIpc) is 2.26. The quantitative estimate of drug-likeness (QED) is 0.718. The van der Waals surface area contributed by atoms with E-state index in [-0.39, 0.29) is 17.2 Å². The standard InChI is InChI=1S/C12H14O5/c1-7(2)17-10-5-8(11(13)14)4-9(6-10)12(15)16-3/h4-7H,1-3H3,(H,13,14)/p-1. The van der Waals surface area contributed by atoms with Crippen molar-refractivity contribution in [2.75, 3.05) is 7.11 Å². The number of benzene rings is 1. The number of carbonyl (C=O) groups is 2. The van der Waals surface area contributed by atoms with Gasteiger partial charge in [0.15, 0.2) is 0 Å². The maximum atomic E-state index is 11.3. The summed E-state index contributed by atoms with van der Waals surface area (Å²) in [4.78, 5) is 22.1. The lowest BCUT2D eigenvalue weighted by atomic mass is 10.1. The number of carboxylic acids is 1. The largest absolute Gasteiger partial charge is 0.545 e. The molecule has 0 aliphatic heterocycles. The van der Waals surface area contributed by atoms with Crippen molar-refractivity contribution in [3.8, 4) is 5.75 Å². The monoisotopic (exact) mass is 237 g/mol. The van der Waals surface area contributed by atoms with Crippen molar-refractivity contribution in [1.82, 2.24) is 0 Å². The van der Waals surface area contributed by atoms with Crippen molar-refractivity contribution in [2.24, 2.45) is 0 Å². The summed E-state index contributed by atoms with van der Waals surface area (Å²) in [5.74, 6) is -1.70. The zero-order valence-corrected chi connectivity index (χ0v) is 9.85. The molecule has 0 bridgehead atoms. The minimum atomic E-state index is -1.37. The first-order valence-corrected chi connectivity index (χ1v) is 5.05. The van der Waals surface area contributed by atoms with Gasteiger partial charge in [0.05, 0.1) is 24.7 Å². The van der Waals surface area contributed by atoms with E-state index in [0.717, 1.165) is 0 Å². The molecule has 0 aliphatic rings. The molecule has 1 aromatic rings. The van der Waals surface area contributed by atoms with Crippen LogP contribution in [0, 0.1) is 0 Å². The van der Waals surface area contributed by atoms with Crippen LogP contribution in [0.4, 0.5) is 0 Å². The molecule has 5 heteroatoms. The molecule has 1 aromatic carbocycles. The highest BCUT2D eigenvalue weighted by Gasteiger charge is 2.10. The van der Waals surface area contributed by atoms with E-state index in [9.17, 15) is 14.7 Å². The summed E-state index contributed by atoms with van der Waals surface area (Å²) in [7, 11) is 1.22. The molecule has 0 heterocycles. The van der Waals surface area contributed by atoms with Gasteiger partial charge < -0.3 is 19.4 Å². The number of carboxylic acid groups (broad SMARTS) is 1. The zero-order valence-electron chi connectivity index (χ0n) is 9.85. The lowest BCUT2D eigenvalue weighted by Crippen LogP contribution is -2.23. The highest BCUT2D eigenvalue weighted by Crippen LogP contribution is 2.19. The highest BCUT2D eigenvalue weighted by molar-refractivity contribution is 5.94. The summed E-state index contributed by atoms with van der Waals surface area (Å²) in [5, 5.41) is 10.8. The molecule has 17 heavy (non-hydrogen) atoms. The Morgan fingerprint density at radius 1 is 1.18 bits per heavy atom. The Balaban J connectivity index is 3.18. The first kappa shape index (κ1) is 13.0. The third kappa shape index (κ3) is 3.48. The predicted molar refractivity (Wildman–Crippen MR) is 57.9 cm³/mol. The van der Waals surface area contributed by atoms with Gasteiger partial charge in [0.2, 0.25) is 0 Å². The number of ether oxygens (including phenoxy) is 2. The molecule has 1 rings (SSSR count). The number of aromatic carboxylic acids is 1. The van der Waals surface area contributed by atoms with Crippen molar-refractivity contribution in [1.29, 1.82) is 0 Å². The number of carbonyl (C=O) groups excluding carboxylic acids is 2. The number of methoxy groups -OCH3 is 1. The van der Waals surface area contributed by atoms with Crippen LogP contribution >= 0.6 is 0 Å². The van der Waals surface area contributed by atoms with Gasteiger partial charge in [-0.15, -0.1) is 0 Å². The van der Waals surface area contributed by atoms with E-state index in [1.807, 2.05) is 0 Å². The number of esters is 1. The summed E-state index contributed by atoms with van der Waals surface area (Å²) in [6, 6.07) is 3.92. The van der Waals surface area contributed by atoms with Gasteiger partial charge in [-0.05, 0) is 32.0 Å². The maximum Gasteiger partial charge on any atom is 0.338 e. The summed E-state index contributed by atoms with van der Waals surface area (Å²) >= 11 is 0. The van der Waals surface area contributed by atoms with Crippen molar-refractivity contribution >= 4 is 11.9 Å². The third-order valence-corrected chi connectivity index (χ3v) is 1.94. The molecule has 0 aromatic heterocycles. The Hall–Kier alpha value is -2.04. The van der Waals surface area contributed by atoms with Crippen LogP contribution in [-0.2, 0) is 4.74 Å². The van der Waals surface area contributed by atoms with Gasteiger partial charge in [-0.3, -0.25) is 0 Å². The second kappa shape index (κ2) is 5.34. The van der Waals surface area contributed by atoms with Crippen molar-refractivity contribution in [2.45, 2.75) is 20.0 Å². The van der Waals surface area contributed by atoms with Crippen LogP contribution < -0.4 is 9.84 Å². The van der Waals surface area contributed by atoms with E-state index in [0.29, 0.717) is 5.75 Å².